The lowest BCUT2D eigenvalue weighted by Gasteiger charge is -2.05. The molecule has 0 radical (unpaired) electrons. The monoisotopic (exact) mass is 207 g/mol. The zero-order valence-electron chi connectivity index (χ0n) is 7.79. The number of furan rings is 1. The molecule has 0 aliphatic rings. The molecule has 0 aliphatic carbocycles. The first-order valence-corrected chi connectivity index (χ1v) is 4.32. The zero-order valence-corrected chi connectivity index (χ0v) is 7.79. The van der Waals surface area contributed by atoms with E-state index in [9.17, 15) is 4.79 Å². The van der Waals surface area contributed by atoms with Crippen LogP contribution in [0.15, 0.2) is 41.3 Å². The Bertz CT molecular complexity index is 444. The van der Waals surface area contributed by atoms with Crippen LogP contribution in [0.2, 0.25) is 0 Å². The van der Waals surface area contributed by atoms with E-state index in [1.807, 2.05) is 6.07 Å². The molecule has 0 aromatic carbocycles. The van der Waals surface area contributed by atoms with Crippen molar-refractivity contribution >= 4 is 6.16 Å². The van der Waals surface area contributed by atoms with Gasteiger partial charge in [0.25, 0.3) is 0 Å². The van der Waals surface area contributed by atoms with Gasteiger partial charge in [0.15, 0.2) is 0 Å². The Balaban J connectivity index is 2.14. The molecule has 0 atom stereocenters. The summed E-state index contributed by atoms with van der Waals surface area (Å²) in [4.78, 5) is 10.4. The van der Waals surface area contributed by atoms with Gasteiger partial charge in [-0.25, -0.2) is 4.79 Å². The molecule has 0 unspecified atom stereocenters. The van der Waals surface area contributed by atoms with Crippen molar-refractivity contribution < 1.29 is 19.1 Å². The molecular formula is C10H9NO4. The Kier molecular flexibility index (Phi) is 2.45. The molecule has 78 valence electrons. The molecule has 5 heteroatoms. The zero-order chi connectivity index (χ0) is 10.7. The number of ether oxygens (including phenoxy) is 1. The number of hydrogen-bond acceptors (Lipinski definition) is 3. The number of carboxylic acid groups (broad SMARTS) is 1. The fourth-order valence-corrected chi connectivity index (χ4v) is 1.29. The van der Waals surface area contributed by atoms with Crippen LogP contribution in [-0.2, 0) is 6.54 Å². The van der Waals surface area contributed by atoms with E-state index < -0.39 is 6.16 Å². The maximum Gasteiger partial charge on any atom is 0.512 e. The van der Waals surface area contributed by atoms with Crippen LogP contribution in [0.5, 0.6) is 5.88 Å². The average Bonchev–Trinajstić information content (AvgIpc) is 2.78. The molecule has 2 aromatic heterocycles. The van der Waals surface area contributed by atoms with Crippen LogP contribution in [0.4, 0.5) is 4.79 Å². The minimum Gasteiger partial charge on any atom is -0.472 e. The van der Waals surface area contributed by atoms with Crippen molar-refractivity contribution in [2.75, 3.05) is 0 Å². The highest BCUT2D eigenvalue weighted by atomic mass is 16.7. The lowest BCUT2D eigenvalue weighted by atomic mass is 10.3. The second-order valence-electron chi connectivity index (χ2n) is 2.97. The second-order valence-corrected chi connectivity index (χ2v) is 2.97. The molecule has 0 amide bonds. The number of aromatic nitrogens is 1. The fraction of sp³-hybridized carbons (Fsp3) is 0.100. The van der Waals surface area contributed by atoms with Crippen LogP contribution in [0, 0.1) is 0 Å². The second kappa shape index (κ2) is 3.91. The maximum atomic E-state index is 10.4. The summed E-state index contributed by atoms with van der Waals surface area (Å²) in [5.41, 5.74) is 0.946. The standard InChI is InChI=1S/C10H9NO4/c12-10(13)15-9-2-1-4-11(9)6-8-3-5-14-7-8/h1-5,7H,6H2,(H,12,13). The van der Waals surface area contributed by atoms with Gasteiger partial charge in [-0.3, -0.25) is 0 Å². The summed E-state index contributed by atoms with van der Waals surface area (Å²) < 4.78 is 11.2. The van der Waals surface area contributed by atoms with Crippen molar-refractivity contribution in [1.29, 1.82) is 0 Å². The molecule has 0 saturated carbocycles. The van der Waals surface area contributed by atoms with Gasteiger partial charge in [-0.15, -0.1) is 0 Å². The minimum atomic E-state index is -1.32. The summed E-state index contributed by atoms with van der Waals surface area (Å²) in [5.74, 6) is 0.295. The Morgan fingerprint density at radius 3 is 3.07 bits per heavy atom. The quantitative estimate of drug-likeness (QED) is 0.783. The third kappa shape index (κ3) is 2.19. The molecule has 2 aromatic rings. The van der Waals surface area contributed by atoms with E-state index in [1.54, 1.807) is 35.4 Å². The van der Waals surface area contributed by atoms with Crippen LogP contribution in [-0.4, -0.2) is 15.8 Å². The number of nitrogens with zero attached hydrogens (tertiary/aromatic N) is 1. The smallest absolute Gasteiger partial charge is 0.472 e. The molecule has 0 bridgehead atoms. The van der Waals surface area contributed by atoms with Crippen molar-refractivity contribution in [2.45, 2.75) is 6.54 Å². The van der Waals surface area contributed by atoms with Crippen LogP contribution in [0.1, 0.15) is 5.56 Å². The van der Waals surface area contributed by atoms with Crippen molar-refractivity contribution in [3.8, 4) is 5.88 Å². The van der Waals surface area contributed by atoms with Crippen molar-refractivity contribution in [2.24, 2.45) is 0 Å². The van der Waals surface area contributed by atoms with Crippen molar-refractivity contribution in [3.05, 3.63) is 42.5 Å². The molecule has 0 aliphatic heterocycles. The first-order chi connectivity index (χ1) is 7.25. The Morgan fingerprint density at radius 1 is 1.53 bits per heavy atom. The molecular weight excluding hydrogens is 198 g/mol. The lowest BCUT2D eigenvalue weighted by molar-refractivity contribution is 0.141. The highest BCUT2D eigenvalue weighted by Crippen LogP contribution is 2.15. The summed E-state index contributed by atoms with van der Waals surface area (Å²) in [6, 6.07) is 5.12. The van der Waals surface area contributed by atoms with E-state index in [0.717, 1.165) is 5.56 Å². The van der Waals surface area contributed by atoms with Crippen LogP contribution < -0.4 is 4.74 Å². The average molecular weight is 207 g/mol. The first-order valence-electron chi connectivity index (χ1n) is 4.32. The minimum absolute atomic E-state index is 0.295. The Morgan fingerprint density at radius 2 is 2.40 bits per heavy atom. The maximum absolute atomic E-state index is 10.4. The number of carbonyl (C=O) groups is 1. The van der Waals surface area contributed by atoms with Gasteiger partial charge in [0.1, 0.15) is 0 Å². The van der Waals surface area contributed by atoms with Crippen LogP contribution in [0.3, 0.4) is 0 Å². The molecule has 0 spiro atoms. The fourth-order valence-electron chi connectivity index (χ4n) is 1.29. The van der Waals surface area contributed by atoms with Gasteiger partial charge in [0.05, 0.1) is 19.1 Å². The largest absolute Gasteiger partial charge is 0.512 e. The Labute approximate surface area is 85.5 Å². The molecule has 0 saturated heterocycles. The van der Waals surface area contributed by atoms with E-state index in [-0.39, 0.29) is 0 Å². The van der Waals surface area contributed by atoms with E-state index in [4.69, 9.17) is 9.52 Å². The molecule has 2 heterocycles. The summed E-state index contributed by atoms with van der Waals surface area (Å²) >= 11 is 0. The third-order valence-corrected chi connectivity index (χ3v) is 1.91. The number of hydrogen-bond donors (Lipinski definition) is 1. The first kappa shape index (κ1) is 9.39. The molecule has 0 fully saturated rings. The highest BCUT2D eigenvalue weighted by molar-refractivity contribution is 5.60. The van der Waals surface area contributed by atoms with Gasteiger partial charge in [0, 0.05) is 17.8 Å². The summed E-state index contributed by atoms with van der Waals surface area (Å²) in [5, 5.41) is 8.48. The predicted molar refractivity (Wildman–Crippen MR) is 50.9 cm³/mol. The predicted octanol–water partition coefficient (Wildman–Crippen LogP) is 2.19. The summed E-state index contributed by atoms with van der Waals surface area (Å²) in [6.07, 6.45) is 3.59. The van der Waals surface area contributed by atoms with Gasteiger partial charge >= 0.3 is 6.16 Å². The van der Waals surface area contributed by atoms with E-state index >= 15 is 0 Å². The van der Waals surface area contributed by atoms with E-state index in [1.165, 1.54) is 0 Å². The normalized spacial score (nSPS) is 10.1. The van der Waals surface area contributed by atoms with Gasteiger partial charge < -0.3 is 18.8 Å². The molecule has 15 heavy (non-hydrogen) atoms. The molecule has 1 N–H and O–H groups in total. The van der Waals surface area contributed by atoms with Crippen molar-refractivity contribution in [1.82, 2.24) is 4.57 Å². The van der Waals surface area contributed by atoms with Gasteiger partial charge in [-0.05, 0) is 12.1 Å². The SMILES string of the molecule is O=C(O)Oc1cccn1Cc1ccoc1. The topological polar surface area (TPSA) is 64.6 Å². The Hall–Kier alpha value is -2.17. The summed E-state index contributed by atoms with van der Waals surface area (Å²) in [7, 11) is 0. The van der Waals surface area contributed by atoms with Gasteiger partial charge in [-0.2, -0.15) is 0 Å². The summed E-state index contributed by atoms with van der Waals surface area (Å²) in [6.45, 7) is 0.520. The molecule has 2 rings (SSSR count). The van der Waals surface area contributed by atoms with E-state index in [2.05, 4.69) is 4.74 Å². The van der Waals surface area contributed by atoms with Gasteiger partial charge in [-0.1, -0.05) is 0 Å². The van der Waals surface area contributed by atoms with Crippen LogP contribution >= 0.6 is 0 Å². The van der Waals surface area contributed by atoms with Crippen molar-refractivity contribution in [3.63, 3.8) is 0 Å². The number of rotatable bonds is 3. The van der Waals surface area contributed by atoms with Crippen LogP contribution in [0.25, 0.3) is 0 Å². The molecule has 5 nitrogen and oxygen atoms in total. The van der Waals surface area contributed by atoms with E-state index in [0.29, 0.717) is 12.4 Å². The lowest BCUT2D eigenvalue weighted by Crippen LogP contribution is -2.08. The van der Waals surface area contributed by atoms with Gasteiger partial charge in [0.2, 0.25) is 5.88 Å². The third-order valence-electron chi connectivity index (χ3n) is 1.91. The highest BCUT2D eigenvalue weighted by Gasteiger charge is 2.07.